The summed E-state index contributed by atoms with van der Waals surface area (Å²) in [5.41, 5.74) is 1.59. The smallest absolute Gasteiger partial charge is 0.231 e. The van der Waals surface area contributed by atoms with Crippen molar-refractivity contribution in [1.82, 2.24) is 9.21 Å². The zero-order valence-electron chi connectivity index (χ0n) is 15.1. The van der Waals surface area contributed by atoms with Crippen LogP contribution in [0.25, 0.3) is 0 Å². The number of para-hydroxylation sites is 1. The van der Waals surface area contributed by atoms with Gasteiger partial charge in [-0.15, -0.1) is 0 Å². The number of alkyl halides is 3. The molecule has 1 amide bonds. The van der Waals surface area contributed by atoms with E-state index in [1.54, 1.807) is 11.9 Å². The average Bonchev–Trinajstić information content (AvgIpc) is 3.00. The number of nitrogens with zero attached hydrogens (tertiary/aromatic N) is 4. The molecule has 1 saturated heterocycles. The summed E-state index contributed by atoms with van der Waals surface area (Å²) in [7, 11) is 1.73. The lowest BCUT2D eigenvalue weighted by atomic mass is 10.2. The van der Waals surface area contributed by atoms with Gasteiger partial charge in [-0.2, -0.15) is 0 Å². The predicted octanol–water partition coefficient (Wildman–Crippen LogP) is 5.26. The topological polar surface area (TPSA) is 48.3 Å². The first-order chi connectivity index (χ1) is 13.3. The monoisotopic (exact) mass is 454 g/mol. The Balaban J connectivity index is 2.06. The molecule has 146 valence electrons. The van der Waals surface area contributed by atoms with Crippen molar-refractivity contribution in [3.8, 4) is 0 Å². The van der Waals surface area contributed by atoms with E-state index in [1.807, 2.05) is 60.7 Å². The Morgan fingerprint density at radius 1 is 1.04 bits per heavy atom. The molecule has 9 heteroatoms. The normalized spacial score (nSPS) is 19.4. The third-order valence-electron chi connectivity index (χ3n) is 3.90. The van der Waals surface area contributed by atoms with Gasteiger partial charge in [-0.3, -0.25) is 9.10 Å². The predicted molar refractivity (Wildman–Crippen MR) is 118 cm³/mol. The molecule has 5 nitrogen and oxygen atoms in total. The van der Waals surface area contributed by atoms with Crippen LogP contribution in [0.5, 0.6) is 0 Å². The van der Waals surface area contributed by atoms with Gasteiger partial charge < -0.3 is 4.90 Å². The van der Waals surface area contributed by atoms with E-state index < -0.39 is 9.96 Å². The highest BCUT2D eigenvalue weighted by Crippen LogP contribution is 2.43. The number of aliphatic imine (C=N–C) groups is 2. The van der Waals surface area contributed by atoms with Crippen LogP contribution < -0.4 is 0 Å². The molecular weight excluding hydrogens is 439 g/mol. The maximum Gasteiger partial charge on any atom is 0.231 e. The number of halogens is 3. The van der Waals surface area contributed by atoms with Crippen molar-refractivity contribution in [3.63, 3.8) is 0 Å². The second kappa shape index (κ2) is 8.74. The maximum absolute atomic E-state index is 12.1. The number of hydrogen-bond acceptors (Lipinski definition) is 3. The molecule has 2 aromatic carbocycles. The lowest BCUT2D eigenvalue weighted by Gasteiger charge is -2.31. The number of hydrogen-bond donors (Lipinski definition) is 0. The fourth-order valence-corrected chi connectivity index (χ4v) is 4.57. The van der Waals surface area contributed by atoms with Crippen LogP contribution in [-0.4, -0.2) is 43.1 Å². The van der Waals surface area contributed by atoms with Crippen LogP contribution >= 0.6 is 46.8 Å². The van der Waals surface area contributed by atoms with Crippen molar-refractivity contribution < 1.29 is 4.79 Å². The van der Waals surface area contributed by atoms with E-state index in [0.717, 1.165) is 23.2 Å². The quantitative estimate of drug-likeness (QED) is 0.269. The highest BCUT2D eigenvalue weighted by Gasteiger charge is 2.49. The fourth-order valence-electron chi connectivity index (χ4n) is 2.61. The van der Waals surface area contributed by atoms with Crippen LogP contribution in [0.15, 0.2) is 70.6 Å². The number of carbonyl (C=O) groups is 1. The fraction of sp³-hybridized carbons (Fsp3) is 0.211. The van der Waals surface area contributed by atoms with Crippen LogP contribution in [0, 0.1) is 0 Å². The van der Waals surface area contributed by atoms with Crippen LogP contribution in [0.3, 0.4) is 0 Å². The molecule has 2 aromatic rings. The van der Waals surface area contributed by atoms with Gasteiger partial charge in [0.2, 0.25) is 9.70 Å². The van der Waals surface area contributed by atoms with Gasteiger partial charge in [0.1, 0.15) is 0 Å². The van der Waals surface area contributed by atoms with E-state index in [2.05, 4.69) is 4.99 Å². The van der Waals surface area contributed by atoms with Crippen LogP contribution in [0.1, 0.15) is 12.5 Å². The second-order valence-electron chi connectivity index (χ2n) is 5.99. The molecule has 0 bridgehead atoms. The van der Waals surface area contributed by atoms with Crippen molar-refractivity contribution in [2.75, 3.05) is 7.05 Å². The number of benzene rings is 2. The highest BCUT2D eigenvalue weighted by atomic mass is 35.6. The van der Waals surface area contributed by atoms with Gasteiger partial charge in [-0.1, -0.05) is 83.3 Å². The van der Waals surface area contributed by atoms with Crippen molar-refractivity contribution in [2.24, 2.45) is 9.98 Å². The zero-order chi connectivity index (χ0) is 20.3. The summed E-state index contributed by atoms with van der Waals surface area (Å²) in [5.74, 6) is 0.259. The van der Waals surface area contributed by atoms with Crippen molar-refractivity contribution in [2.45, 2.75) is 16.9 Å². The molecule has 0 spiro atoms. The van der Waals surface area contributed by atoms with Crippen LogP contribution in [0.4, 0.5) is 5.69 Å². The average molecular weight is 456 g/mol. The van der Waals surface area contributed by atoms with Crippen molar-refractivity contribution in [3.05, 3.63) is 66.2 Å². The molecule has 1 aliphatic rings. The Morgan fingerprint density at radius 3 is 2.11 bits per heavy atom. The Bertz CT molecular complexity index is 900. The van der Waals surface area contributed by atoms with Crippen LogP contribution in [0.2, 0.25) is 0 Å². The molecule has 1 heterocycles. The Morgan fingerprint density at radius 2 is 1.61 bits per heavy atom. The largest absolute Gasteiger partial charge is 0.328 e. The highest BCUT2D eigenvalue weighted by molar-refractivity contribution is 8.12. The van der Waals surface area contributed by atoms with Gasteiger partial charge in [0.25, 0.3) is 0 Å². The minimum atomic E-state index is -1.70. The van der Waals surface area contributed by atoms with Gasteiger partial charge in [-0.05, 0) is 12.1 Å². The lowest BCUT2D eigenvalue weighted by Crippen LogP contribution is -2.47. The van der Waals surface area contributed by atoms with Crippen molar-refractivity contribution in [1.29, 1.82) is 0 Å². The van der Waals surface area contributed by atoms with E-state index in [9.17, 15) is 4.79 Å². The third kappa shape index (κ3) is 4.81. The first-order valence-corrected chi connectivity index (χ1v) is 10.2. The Kier molecular flexibility index (Phi) is 6.55. The SMILES string of the molecule is CC(=O)N1SC(=NC(=Nc2ccccc2)c2ccccc2)N(C)C1C(Cl)(Cl)Cl. The number of rotatable bonds is 2. The lowest BCUT2D eigenvalue weighted by molar-refractivity contribution is -0.126. The molecule has 1 unspecified atom stereocenters. The van der Waals surface area contributed by atoms with Gasteiger partial charge in [0.15, 0.2) is 17.2 Å². The number of carbonyl (C=O) groups excluding carboxylic acids is 1. The van der Waals surface area contributed by atoms with E-state index in [0.29, 0.717) is 11.0 Å². The number of amidine groups is 2. The van der Waals surface area contributed by atoms with Gasteiger partial charge in [0.05, 0.1) is 5.69 Å². The third-order valence-corrected chi connectivity index (χ3v) is 5.68. The molecule has 0 aromatic heterocycles. The summed E-state index contributed by atoms with van der Waals surface area (Å²) in [6.07, 6.45) is -0.785. The van der Waals surface area contributed by atoms with E-state index >= 15 is 0 Å². The summed E-state index contributed by atoms with van der Waals surface area (Å²) < 4.78 is -0.300. The minimum Gasteiger partial charge on any atom is -0.328 e. The summed E-state index contributed by atoms with van der Waals surface area (Å²) in [6.45, 7) is 1.42. The number of amides is 1. The molecule has 0 aliphatic carbocycles. The first-order valence-electron chi connectivity index (χ1n) is 8.32. The molecule has 0 saturated carbocycles. The molecule has 1 aliphatic heterocycles. The molecule has 28 heavy (non-hydrogen) atoms. The van der Waals surface area contributed by atoms with Gasteiger partial charge in [0, 0.05) is 31.5 Å². The van der Waals surface area contributed by atoms with E-state index in [4.69, 9.17) is 39.8 Å². The minimum absolute atomic E-state index is 0.236. The molecule has 3 rings (SSSR count). The van der Waals surface area contributed by atoms with E-state index in [-0.39, 0.29) is 5.91 Å². The first kappa shape index (κ1) is 21.0. The maximum atomic E-state index is 12.1. The summed E-state index contributed by atoms with van der Waals surface area (Å²) in [5, 5.41) is 0.505. The Hall–Kier alpha value is -1.73. The second-order valence-corrected chi connectivity index (χ2v) is 9.30. The van der Waals surface area contributed by atoms with E-state index in [1.165, 1.54) is 11.2 Å². The van der Waals surface area contributed by atoms with Crippen molar-refractivity contribution >= 4 is 69.3 Å². The molecular formula is C19H17Cl3N4OS. The summed E-state index contributed by atoms with van der Waals surface area (Å²) in [4.78, 5) is 23.1. The zero-order valence-corrected chi connectivity index (χ0v) is 18.2. The molecule has 0 N–H and O–H groups in total. The summed E-state index contributed by atoms with van der Waals surface area (Å²) >= 11 is 19.5. The van der Waals surface area contributed by atoms with Gasteiger partial charge >= 0.3 is 0 Å². The van der Waals surface area contributed by atoms with Crippen LogP contribution in [-0.2, 0) is 4.79 Å². The molecule has 0 radical (unpaired) electrons. The molecule has 1 fully saturated rings. The Labute approximate surface area is 183 Å². The standard InChI is InChI=1S/C19H17Cl3N4OS/c1-13(27)26-17(19(20,21)22)25(2)18(28-26)24-16(14-9-5-3-6-10-14)23-15-11-7-4-8-12-15/h3-12,17H,1-2H3. The molecule has 1 atom stereocenters. The summed E-state index contributed by atoms with van der Waals surface area (Å²) in [6, 6.07) is 19.1. The van der Waals surface area contributed by atoms with Gasteiger partial charge in [-0.25, -0.2) is 9.98 Å².